The van der Waals surface area contributed by atoms with Gasteiger partial charge in [-0.1, -0.05) is 41.6 Å². The van der Waals surface area contributed by atoms with E-state index in [1.165, 1.54) is 11.8 Å². The number of hydrogen-bond donors (Lipinski definition) is 1. The molecule has 0 bridgehead atoms. The first-order valence-electron chi connectivity index (χ1n) is 10.4. The number of anilines is 1. The van der Waals surface area contributed by atoms with Gasteiger partial charge in [0.1, 0.15) is 11.5 Å². The van der Waals surface area contributed by atoms with Crippen LogP contribution < -0.4 is 14.8 Å². The van der Waals surface area contributed by atoms with E-state index < -0.39 is 0 Å². The first kappa shape index (κ1) is 24.7. The van der Waals surface area contributed by atoms with Crippen molar-refractivity contribution in [1.29, 1.82) is 0 Å². The summed E-state index contributed by atoms with van der Waals surface area (Å²) in [6.07, 6.45) is 1.39. The van der Waals surface area contributed by atoms with Gasteiger partial charge < -0.3 is 14.8 Å². The van der Waals surface area contributed by atoms with Crippen LogP contribution in [0.15, 0.2) is 54.2 Å². The number of carbonyl (C=O) groups is 1. The molecule has 2 aromatic carbocycles. The number of benzene rings is 2. The highest BCUT2D eigenvalue weighted by atomic mass is 35.5. The number of nitrogens with zero attached hydrogens (tertiary/aromatic N) is 3. The van der Waals surface area contributed by atoms with E-state index in [9.17, 15) is 4.79 Å². The van der Waals surface area contributed by atoms with E-state index >= 15 is 0 Å². The molecular formula is C24H27ClN4O3S. The summed E-state index contributed by atoms with van der Waals surface area (Å²) in [6, 6.07) is 11.1. The second kappa shape index (κ2) is 11.2. The zero-order chi connectivity index (χ0) is 24.0. The minimum Gasteiger partial charge on any atom is -0.495 e. The number of methoxy groups -OCH3 is 1. The standard InChI is InChI=1S/C24H27ClN4O3S/c1-6-11-29-23(17(4)32-18-12-15(2)22(25)16(3)13-18)27-28-24(29)33-14-21(30)26-19-9-7-8-10-20(19)31-5/h6-10,12-13,17H,1,11,14H2,2-5H3,(H,26,30). The van der Waals surface area contributed by atoms with Gasteiger partial charge in [-0.05, 0) is 56.2 Å². The summed E-state index contributed by atoms with van der Waals surface area (Å²) in [6.45, 7) is 10.1. The number of carbonyl (C=O) groups excluding carboxylic acids is 1. The van der Waals surface area contributed by atoms with Gasteiger partial charge in [-0.15, -0.1) is 16.8 Å². The van der Waals surface area contributed by atoms with E-state index in [1.807, 2.05) is 49.6 Å². The maximum Gasteiger partial charge on any atom is 0.234 e. The van der Waals surface area contributed by atoms with E-state index in [0.29, 0.717) is 34.7 Å². The predicted octanol–water partition coefficient (Wildman–Crippen LogP) is 5.61. The molecule has 1 unspecified atom stereocenters. The van der Waals surface area contributed by atoms with Crippen molar-refractivity contribution >= 4 is 35.0 Å². The quantitative estimate of drug-likeness (QED) is 0.296. The molecule has 33 heavy (non-hydrogen) atoms. The number of aromatic nitrogens is 3. The van der Waals surface area contributed by atoms with Crippen LogP contribution in [0.2, 0.25) is 5.02 Å². The number of rotatable bonds is 10. The average Bonchev–Trinajstić information content (AvgIpc) is 3.19. The van der Waals surface area contributed by atoms with Crippen molar-refractivity contribution in [3.63, 3.8) is 0 Å². The summed E-state index contributed by atoms with van der Waals surface area (Å²) >= 11 is 7.56. The number of thioether (sulfide) groups is 1. The third-order valence-electron chi connectivity index (χ3n) is 4.86. The molecule has 174 valence electrons. The molecule has 0 spiro atoms. The molecular weight excluding hydrogens is 460 g/mol. The molecule has 1 atom stereocenters. The van der Waals surface area contributed by atoms with Crippen LogP contribution in [-0.4, -0.2) is 33.5 Å². The van der Waals surface area contributed by atoms with Crippen LogP contribution in [0, 0.1) is 13.8 Å². The summed E-state index contributed by atoms with van der Waals surface area (Å²) in [5.41, 5.74) is 2.52. The van der Waals surface area contributed by atoms with Crippen molar-refractivity contribution in [1.82, 2.24) is 14.8 Å². The van der Waals surface area contributed by atoms with Crippen molar-refractivity contribution in [2.24, 2.45) is 0 Å². The van der Waals surface area contributed by atoms with Gasteiger partial charge in [0.05, 0.1) is 18.6 Å². The van der Waals surface area contributed by atoms with E-state index in [4.69, 9.17) is 21.1 Å². The van der Waals surface area contributed by atoms with Gasteiger partial charge in [-0.3, -0.25) is 9.36 Å². The van der Waals surface area contributed by atoms with E-state index in [2.05, 4.69) is 22.1 Å². The monoisotopic (exact) mass is 486 g/mol. The number of allylic oxidation sites excluding steroid dienone is 1. The third-order valence-corrected chi connectivity index (χ3v) is 6.42. The topological polar surface area (TPSA) is 78.3 Å². The normalized spacial score (nSPS) is 11.7. The number of hydrogen-bond acceptors (Lipinski definition) is 6. The number of ether oxygens (including phenoxy) is 2. The molecule has 1 N–H and O–H groups in total. The molecule has 3 aromatic rings. The Kier molecular flexibility index (Phi) is 8.41. The molecule has 0 radical (unpaired) electrons. The van der Waals surface area contributed by atoms with Gasteiger partial charge in [0, 0.05) is 11.6 Å². The largest absolute Gasteiger partial charge is 0.495 e. The molecule has 9 heteroatoms. The van der Waals surface area contributed by atoms with Crippen molar-refractivity contribution in [2.45, 2.75) is 38.6 Å². The predicted molar refractivity (Wildman–Crippen MR) is 133 cm³/mol. The third kappa shape index (κ3) is 6.09. The molecule has 0 aliphatic rings. The van der Waals surface area contributed by atoms with Gasteiger partial charge in [-0.2, -0.15) is 0 Å². The Hall–Kier alpha value is -2.97. The zero-order valence-corrected chi connectivity index (χ0v) is 20.7. The lowest BCUT2D eigenvalue weighted by atomic mass is 10.1. The number of amides is 1. The highest BCUT2D eigenvalue weighted by Gasteiger charge is 2.20. The first-order chi connectivity index (χ1) is 15.8. The van der Waals surface area contributed by atoms with Gasteiger partial charge in [0.2, 0.25) is 5.91 Å². The zero-order valence-electron chi connectivity index (χ0n) is 19.1. The fourth-order valence-corrected chi connectivity index (χ4v) is 4.17. The SMILES string of the molecule is C=CCn1c(SCC(=O)Nc2ccccc2OC)nnc1C(C)Oc1cc(C)c(Cl)c(C)c1. The number of aryl methyl sites for hydroxylation is 2. The highest BCUT2D eigenvalue weighted by molar-refractivity contribution is 7.99. The van der Waals surface area contributed by atoms with Gasteiger partial charge in [0.25, 0.3) is 0 Å². The Balaban J connectivity index is 1.71. The van der Waals surface area contributed by atoms with Crippen LogP contribution in [0.4, 0.5) is 5.69 Å². The van der Waals surface area contributed by atoms with E-state index in [1.54, 1.807) is 25.3 Å². The molecule has 0 saturated carbocycles. The van der Waals surface area contributed by atoms with E-state index in [0.717, 1.165) is 16.1 Å². The van der Waals surface area contributed by atoms with Crippen LogP contribution >= 0.6 is 23.4 Å². The maximum absolute atomic E-state index is 12.5. The molecule has 1 amide bonds. The summed E-state index contributed by atoms with van der Waals surface area (Å²) in [4.78, 5) is 12.5. The maximum atomic E-state index is 12.5. The second-order valence-corrected chi connectivity index (χ2v) is 8.73. The van der Waals surface area contributed by atoms with Gasteiger partial charge in [-0.25, -0.2) is 0 Å². The van der Waals surface area contributed by atoms with Crippen LogP contribution in [0.3, 0.4) is 0 Å². The molecule has 7 nitrogen and oxygen atoms in total. The van der Waals surface area contributed by atoms with Gasteiger partial charge in [0.15, 0.2) is 17.1 Å². The first-order valence-corrected chi connectivity index (χ1v) is 11.7. The Morgan fingerprint density at radius 1 is 1.27 bits per heavy atom. The number of nitrogens with one attached hydrogen (secondary N) is 1. The lowest BCUT2D eigenvalue weighted by molar-refractivity contribution is -0.113. The summed E-state index contributed by atoms with van der Waals surface area (Å²) in [5.74, 6) is 1.95. The minimum atomic E-state index is -0.366. The van der Waals surface area contributed by atoms with Crippen molar-refractivity contribution in [3.05, 3.63) is 71.0 Å². The van der Waals surface area contributed by atoms with Crippen molar-refractivity contribution in [3.8, 4) is 11.5 Å². The Morgan fingerprint density at radius 3 is 2.64 bits per heavy atom. The van der Waals surface area contributed by atoms with Crippen LogP contribution in [0.5, 0.6) is 11.5 Å². The number of halogens is 1. The molecule has 0 aliphatic heterocycles. The smallest absolute Gasteiger partial charge is 0.234 e. The highest BCUT2D eigenvalue weighted by Crippen LogP contribution is 2.30. The fraction of sp³-hybridized carbons (Fsp3) is 0.292. The van der Waals surface area contributed by atoms with Crippen LogP contribution in [0.1, 0.15) is 30.0 Å². The van der Waals surface area contributed by atoms with Crippen molar-refractivity contribution in [2.75, 3.05) is 18.2 Å². The van der Waals surface area contributed by atoms with Crippen LogP contribution in [0.25, 0.3) is 0 Å². The molecule has 1 heterocycles. The second-order valence-electron chi connectivity index (χ2n) is 7.41. The van der Waals surface area contributed by atoms with Gasteiger partial charge >= 0.3 is 0 Å². The molecule has 3 rings (SSSR count). The molecule has 0 saturated heterocycles. The average molecular weight is 487 g/mol. The lowest BCUT2D eigenvalue weighted by Crippen LogP contribution is -2.16. The fourth-order valence-electron chi connectivity index (χ4n) is 3.30. The summed E-state index contributed by atoms with van der Waals surface area (Å²) in [7, 11) is 1.56. The lowest BCUT2D eigenvalue weighted by Gasteiger charge is -2.17. The van der Waals surface area contributed by atoms with Crippen molar-refractivity contribution < 1.29 is 14.3 Å². The molecule has 0 fully saturated rings. The van der Waals surface area contributed by atoms with E-state index in [-0.39, 0.29) is 17.8 Å². The number of para-hydroxylation sites is 2. The summed E-state index contributed by atoms with van der Waals surface area (Å²) < 4.78 is 13.3. The molecule has 1 aromatic heterocycles. The molecule has 0 aliphatic carbocycles. The van der Waals surface area contributed by atoms with Crippen LogP contribution in [-0.2, 0) is 11.3 Å². The Morgan fingerprint density at radius 2 is 1.97 bits per heavy atom. The Bertz CT molecular complexity index is 1130. The minimum absolute atomic E-state index is 0.165. The summed E-state index contributed by atoms with van der Waals surface area (Å²) in [5, 5.41) is 12.8. The Labute approximate surface area is 203 Å².